The van der Waals surface area contributed by atoms with Gasteiger partial charge in [-0.1, -0.05) is 6.92 Å². The maximum Gasteiger partial charge on any atom is 0.243 e. The zero-order valence-electron chi connectivity index (χ0n) is 18.2. The third-order valence-corrected chi connectivity index (χ3v) is 8.92. The van der Waals surface area contributed by atoms with Crippen LogP contribution in [-0.2, 0) is 26.0 Å². The van der Waals surface area contributed by atoms with E-state index in [1.165, 1.54) is 4.31 Å². The summed E-state index contributed by atoms with van der Waals surface area (Å²) in [5.41, 5.74) is 1.57. The Morgan fingerprint density at radius 3 is 2.48 bits per heavy atom. The normalized spacial score (nSPS) is 25.9. The first-order valence-electron chi connectivity index (χ1n) is 11.6. The SMILES string of the molecule is CC1CCC(NC(=O)C2CCN(S(=O)(=O)c3ccc4c(c3)CCCC(=O)N4)CC2)CC1. The highest BCUT2D eigenvalue weighted by Gasteiger charge is 2.33. The molecule has 7 nitrogen and oxygen atoms in total. The molecule has 4 rings (SSSR count). The zero-order chi connectivity index (χ0) is 22.0. The number of nitrogens with one attached hydrogen (secondary N) is 2. The average molecular weight is 448 g/mol. The van der Waals surface area contributed by atoms with E-state index < -0.39 is 10.0 Å². The first kappa shape index (κ1) is 22.3. The molecule has 2 aliphatic heterocycles. The quantitative estimate of drug-likeness (QED) is 0.742. The summed E-state index contributed by atoms with van der Waals surface area (Å²) in [5, 5.41) is 6.04. The topological polar surface area (TPSA) is 95.6 Å². The lowest BCUT2D eigenvalue weighted by molar-refractivity contribution is -0.127. The van der Waals surface area contributed by atoms with E-state index in [2.05, 4.69) is 17.6 Å². The summed E-state index contributed by atoms with van der Waals surface area (Å²) in [6, 6.07) is 5.23. The van der Waals surface area contributed by atoms with Crippen LogP contribution in [0.25, 0.3) is 0 Å². The third-order valence-electron chi connectivity index (χ3n) is 7.03. The van der Waals surface area contributed by atoms with Gasteiger partial charge in [-0.25, -0.2) is 8.42 Å². The second-order valence-electron chi connectivity index (χ2n) is 9.36. The van der Waals surface area contributed by atoms with Crippen molar-refractivity contribution in [3.63, 3.8) is 0 Å². The first-order valence-corrected chi connectivity index (χ1v) is 13.0. The highest BCUT2D eigenvalue weighted by molar-refractivity contribution is 7.89. The van der Waals surface area contributed by atoms with Crippen molar-refractivity contribution in [2.24, 2.45) is 11.8 Å². The Balaban J connectivity index is 1.36. The van der Waals surface area contributed by atoms with E-state index in [1.807, 2.05) is 0 Å². The summed E-state index contributed by atoms with van der Waals surface area (Å²) < 4.78 is 27.9. The summed E-state index contributed by atoms with van der Waals surface area (Å²) in [7, 11) is -3.61. The number of anilines is 1. The van der Waals surface area contributed by atoms with Gasteiger partial charge in [-0.3, -0.25) is 9.59 Å². The van der Waals surface area contributed by atoms with E-state index in [1.54, 1.807) is 18.2 Å². The molecule has 0 atom stereocenters. The number of aryl methyl sites for hydroxylation is 1. The van der Waals surface area contributed by atoms with Crippen LogP contribution in [0.3, 0.4) is 0 Å². The van der Waals surface area contributed by atoms with Gasteiger partial charge >= 0.3 is 0 Å². The van der Waals surface area contributed by atoms with Gasteiger partial charge < -0.3 is 10.6 Å². The van der Waals surface area contributed by atoms with Gasteiger partial charge in [0.15, 0.2) is 0 Å². The monoisotopic (exact) mass is 447 g/mol. The summed E-state index contributed by atoms with van der Waals surface area (Å²) in [4.78, 5) is 24.7. The molecule has 1 aromatic carbocycles. The summed E-state index contributed by atoms with van der Waals surface area (Å²) >= 11 is 0. The fourth-order valence-corrected chi connectivity index (χ4v) is 6.46. The Labute approximate surface area is 185 Å². The van der Waals surface area contributed by atoms with Crippen molar-refractivity contribution in [3.8, 4) is 0 Å². The van der Waals surface area contributed by atoms with Crippen molar-refractivity contribution in [1.82, 2.24) is 9.62 Å². The fraction of sp³-hybridized carbons (Fsp3) is 0.652. The van der Waals surface area contributed by atoms with E-state index in [4.69, 9.17) is 0 Å². The van der Waals surface area contributed by atoms with Crippen molar-refractivity contribution in [3.05, 3.63) is 23.8 Å². The molecule has 0 radical (unpaired) electrons. The van der Waals surface area contributed by atoms with Crippen LogP contribution in [0.15, 0.2) is 23.1 Å². The molecule has 0 spiro atoms. The largest absolute Gasteiger partial charge is 0.353 e. The minimum atomic E-state index is -3.61. The highest BCUT2D eigenvalue weighted by atomic mass is 32.2. The van der Waals surface area contributed by atoms with E-state index in [0.29, 0.717) is 50.9 Å². The lowest BCUT2D eigenvalue weighted by Crippen LogP contribution is -2.46. The molecular weight excluding hydrogens is 414 g/mol. The molecule has 3 aliphatic rings. The van der Waals surface area contributed by atoms with Crippen LogP contribution in [0.1, 0.15) is 63.9 Å². The van der Waals surface area contributed by atoms with Crippen molar-refractivity contribution >= 4 is 27.5 Å². The van der Waals surface area contributed by atoms with Crippen molar-refractivity contribution < 1.29 is 18.0 Å². The number of hydrogen-bond acceptors (Lipinski definition) is 4. The van der Waals surface area contributed by atoms with Gasteiger partial charge in [-0.15, -0.1) is 0 Å². The standard InChI is InChI=1S/C23H33N3O4S/c1-16-5-7-19(8-6-16)24-23(28)17-11-13-26(14-12-17)31(29,30)20-9-10-21-18(15-20)3-2-4-22(27)25-21/h9-10,15-17,19H,2-8,11-14H2,1H3,(H,24,28)(H,25,27). The van der Waals surface area contributed by atoms with Crippen LogP contribution < -0.4 is 10.6 Å². The van der Waals surface area contributed by atoms with Crippen LogP contribution in [0.2, 0.25) is 0 Å². The molecule has 0 aromatic heterocycles. The number of piperidine rings is 1. The van der Waals surface area contributed by atoms with E-state index in [0.717, 1.165) is 37.2 Å². The van der Waals surface area contributed by atoms with Crippen LogP contribution >= 0.6 is 0 Å². The zero-order valence-corrected chi connectivity index (χ0v) is 19.0. The van der Waals surface area contributed by atoms with Crippen molar-refractivity contribution in [2.45, 2.75) is 75.6 Å². The number of nitrogens with zero attached hydrogens (tertiary/aromatic N) is 1. The summed E-state index contributed by atoms with van der Waals surface area (Å²) in [5.74, 6) is 0.675. The van der Waals surface area contributed by atoms with Gasteiger partial charge in [0, 0.05) is 37.2 Å². The molecule has 8 heteroatoms. The van der Waals surface area contributed by atoms with E-state index in [-0.39, 0.29) is 28.7 Å². The minimum absolute atomic E-state index is 0.0301. The number of rotatable bonds is 4. The second-order valence-corrected chi connectivity index (χ2v) is 11.3. The average Bonchev–Trinajstić information content (AvgIpc) is 2.95. The Kier molecular flexibility index (Phi) is 6.67. The molecular formula is C23H33N3O4S. The van der Waals surface area contributed by atoms with Gasteiger partial charge in [0.25, 0.3) is 0 Å². The molecule has 2 N–H and O–H groups in total. The van der Waals surface area contributed by atoms with Gasteiger partial charge in [-0.05, 0) is 81.0 Å². The number of fused-ring (bicyclic) bond motifs is 1. The first-order chi connectivity index (χ1) is 14.8. The number of carbonyl (C=O) groups excluding carboxylic acids is 2. The number of sulfonamides is 1. The molecule has 1 saturated heterocycles. The highest BCUT2D eigenvalue weighted by Crippen LogP contribution is 2.29. The number of benzene rings is 1. The molecule has 1 aliphatic carbocycles. The van der Waals surface area contributed by atoms with Gasteiger partial charge in [0.1, 0.15) is 0 Å². The fourth-order valence-electron chi connectivity index (χ4n) is 4.94. The number of carbonyl (C=O) groups is 2. The van der Waals surface area contributed by atoms with Crippen LogP contribution in [0.5, 0.6) is 0 Å². The predicted molar refractivity (Wildman–Crippen MR) is 119 cm³/mol. The van der Waals surface area contributed by atoms with Crippen LogP contribution in [-0.4, -0.2) is 43.7 Å². The Bertz CT molecular complexity index is 930. The minimum Gasteiger partial charge on any atom is -0.353 e. The molecule has 31 heavy (non-hydrogen) atoms. The lowest BCUT2D eigenvalue weighted by Gasteiger charge is -2.33. The molecule has 1 aromatic rings. The second kappa shape index (κ2) is 9.28. The number of hydrogen-bond donors (Lipinski definition) is 2. The molecule has 2 fully saturated rings. The van der Waals surface area contributed by atoms with Gasteiger partial charge in [0.2, 0.25) is 21.8 Å². The summed E-state index contributed by atoms with van der Waals surface area (Å²) in [6.07, 6.45) is 7.34. The smallest absolute Gasteiger partial charge is 0.243 e. The predicted octanol–water partition coefficient (Wildman–Crippen LogP) is 3.06. The van der Waals surface area contributed by atoms with E-state index in [9.17, 15) is 18.0 Å². The van der Waals surface area contributed by atoms with Crippen LogP contribution in [0.4, 0.5) is 5.69 Å². The Morgan fingerprint density at radius 2 is 1.77 bits per heavy atom. The lowest BCUT2D eigenvalue weighted by atomic mass is 9.87. The van der Waals surface area contributed by atoms with Gasteiger partial charge in [-0.2, -0.15) is 4.31 Å². The van der Waals surface area contributed by atoms with Crippen molar-refractivity contribution in [1.29, 1.82) is 0 Å². The molecule has 2 amide bonds. The van der Waals surface area contributed by atoms with Gasteiger partial charge in [0.05, 0.1) is 4.90 Å². The third kappa shape index (κ3) is 5.12. The van der Waals surface area contributed by atoms with Crippen LogP contribution in [0, 0.1) is 11.8 Å². The molecule has 0 unspecified atom stereocenters. The van der Waals surface area contributed by atoms with E-state index >= 15 is 0 Å². The maximum atomic E-state index is 13.2. The molecule has 170 valence electrons. The Hall–Kier alpha value is -1.93. The summed E-state index contributed by atoms with van der Waals surface area (Å²) in [6.45, 7) is 2.97. The Morgan fingerprint density at radius 1 is 1.06 bits per heavy atom. The molecule has 2 heterocycles. The number of amides is 2. The molecule has 1 saturated carbocycles. The molecule has 0 bridgehead atoms. The maximum absolute atomic E-state index is 13.2. The van der Waals surface area contributed by atoms with Crippen molar-refractivity contribution in [2.75, 3.05) is 18.4 Å².